The number of aliphatic carboxylic acids is 1. The highest BCUT2D eigenvalue weighted by Crippen LogP contribution is 2.18. The lowest BCUT2D eigenvalue weighted by Crippen LogP contribution is -2.23. The number of fused-ring (bicyclic) bond motifs is 1. The second-order valence-corrected chi connectivity index (χ2v) is 2.35. The molecule has 2 heterocycles. The molecule has 5 nitrogen and oxygen atoms in total. The number of nitrogens with one attached hydrogen (secondary N) is 1. The maximum atomic E-state index is 10.5. The van der Waals surface area contributed by atoms with Crippen LogP contribution in [0.15, 0.2) is 16.9 Å². The molecule has 1 atom stereocenters. The van der Waals surface area contributed by atoms with Crippen molar-refractivity contribution in [1.82, 2.24) is 5.43 Å². The first-order valence-electron chi connectivity index (χ1n) is 3.17. The van der Waals surface area contributed by atoms with Crippen molar-refractivity contribution in [2.45, 2.75) is 6.04 Å². The molecule has 0 fully saturated rings. The molecule has 2 rings (SSSR count). The van der Waals surface area contributed by atoms with Crippen LogP contribution in [0.4, 0.5) is 0 Å². The molecule has 0 aliphatic carbocycles. The fraction of sp³-hybridized carbons (Fsp3) is 0.333. The molecule has 0 bridgehead atoms. The number of carboxylic acids is 1. The predicted octanol–water partition coefficient (Wildman–Crippen LogP) is -0.687. The fourth-order valence-corrected chi connectivity index (χ4v) is 1.11. The molecule has 11 heavy (non-hydrogen) atoms. The summed E-state index contributed by atoms with van der Waals surface area (Å²) in [7, 11) is 0. The summed E-state index contributed by atoms with van der Waals surface area (Å²) < 4.78 is 4.92. The number of rotatable bonds is 1. The third kappa shape index (κ3) is 0.772. The first-order valence-corrected chi connectivity index (χ1v) is 3.17. The van der Waals surface area contributed by atoms with Crippen molar-refractivity contribution in [2.75, 3.05) is 6.61 Å². The van der Waals surface area contributed by atoms with Gasteiger partial charge in [-0.25, -0.2) is 4.79 Å². The van der Waals surface area contributed by atoms with Crippen LogP contribution in [-0.2, 0) is 9.53 Å². The van der Waals surface area contributed by atoms with Crippen LogP contribution in [0.2, 0.25) is 0 Å². The molecule has 1 unspecified atom stereocenters. The van der Waals surface area contributed by atoms with Crippen molar-refractivity contribution in [1.29, 1.82) is 0 Å². The van der Waals surface area contributed by atoms with Crippen molar-refractivity contribution < 1.29 is 14.6 Å². The minimum absolute atomic E-state index is 0.0545. The Morgan fingerprint density at radius 2 is 2.73 bits per heavy atom. The number of hydrazone groups is 1. The van der Waals surface area contributed by atoms with Gasteiger partial charge < -0.3 is 9.84 Å². The van der Waals surface area contributed by atoms with E-state index in [0.29, 0.717) is 12.2 Å². The lowest BCUT2D eigenvalue weighted by atomic mass is 10.1. The largest absolute Gasteiger partial charge is 0.498 e. The Morgan fingerprint density at radius 3 is 3.45 bits per heavy atom. The highest BCUT2D eigenvalue weighted by atomic mass is 16.5. The maximum absolute atomic E-state index is 10.5. The average molecular weight is 154 g/mol. The molecule has 0 amide bonds. The lowest BCUT2D eigenvalue weighted by molar-refractivity contribution is -0.129. The van der Waals surface area contributed by atoms with Crippen LogP contribution in [0, 0.1) is 0 Å². The zero-order valence-electron chi connectivity index (χ0n) is 5.57. The molecular weight excluding hydrogens is 148 g/mol. The van der Waals surface area contributed by atoms with Crippen LogP contribution in [0.3, 0.4) is 0 Å². The summed E-state index contributed by atoms with van der Waals surface area (Å²) in [5.41, 5.74) is 3.36. The topological polar surface area (TPSA) is 70.9 Å². The molecule has 2 aliphatic heterocycles. The molecule has 2 N–H and O–H groups in total. The van der Waals surface area contributed by atoms with Gasteiger partial charge in [-0.2, -0.15) is 5.10 Å². The molecule has 2 aliphatic rings. The van der Waals surface area contributed by atoms with E-state index in [1.165, 1.54) is 6.26 Å². The number of hydrogen-bond acceptors (Lipinski definition) is 4. The summed E-state index contributed by atoms with van der Waals surface area (Å²) in [6.45, 7) is 0.468. The summed E-state index contributed by atoms with van der Waals surface area (Å²) in [6.07, 6.45) is 1.44. The summed E-state index contributed by atoms with van der Waals surface area (Å²) in [5, 5.41) is 12.2. The van der Waals surface area contributed by atoms with E-state index in [9.17, 15) is 4.79 Å². The zero-order chi connectivity index (χ0) is 7.84. The second-order valence-electron chi connectivity index (χ2n) is 2.35. The molecule has 0 aromatic heterocycles. The molecule has 0 aromatic rings. The van der Waals surface area contributed by atoms with Crippen LogP contribution in [0.5, 0.6) is 0 Å². The Balaban J connectivity index is 2.30. The van der Waals surface area contributed by atoms with Crippen LogP contribution >= 0.6 is 0 Å². The summed E-state index contributed by atoms with van der Waals surface area (Å²) in [5.74, 6) is -1.02. The van der Waals surface area contributed by atoms with Gasteiger partial charge in [0.2, 0.25) is 0 Å². The molecule has 0 aromatic carbocycles. The van der Waals surface area contributed by atoms with Crippen molar-refractivity contribution in [3.63, 3.8) is 0 Å². The van der Waals surface area contributed by atoms with Gasteiger partial charge in [-0.1, -0.05) is 0 Å². The molecule has 58 valence electrons. The first-order chi connectivity index (χ1) is 5.29. The number of carbonyl (C=O) groups is 1. The zero-order valence-corrected chi connectivity index (χ0v) is 5.57. The van der Waals surface area contributed by atoms with Gasteiger partial charge in [0, 0.05) is 5.57 Å². The van der Waals surface area contributed by atoms with E-state index < -0.39 is 5.97 Å². The van der Waals surface area contributed by atoms with Crippen molar-refractivity contribution in [3.8, 4) is 0 Å². The highest BCUT2D eigenvalue weighted by molar-refractivity contribution is 6.43. The molecule has 0 saturated heterocycles. The monoisotopic (exact) mass is 154 g/mol. The molecule has 0 radical (unpaired) electrons. The molecular formula is C6H6N2O3. The van der Waals surface area contributed by atoms with Crippen molar-refractivity contribution in [2.24, 2.45) is 5.10 Å². The van der Waals surface area contributed by atoms with Crippen molar-refractivity contribution >= 4 is 11.7 Å². The van der Waals surface area contributed by atoms with Crippen LogP contribution in [-0.4, -0.2) is 29.4 Å². The lowest BCUT2D eigenvalue weighted by Gasteiger charge is -1.99. The number of ether oxygens (including phenoxy) is 1. The van der Waals surface area contributed by atoms with E-state index in [1.807, 2.05) is 0 Å². The SMILES string of the molecule is O=C(O)C1=NNC2COC=C12. The molecule has 0 spiro atoms. The van der Waals surface area contributed by atoms with E-state index in [4.69, 9.17) is 9.84 Å². The Hall–Kier alpha value is -1.52. The van der Waals surface area contributed by atoms with Crippen LogP contribution in [0.1, 0.15) is 0 Å². The number of carboxylic acid groups (broad SMARTS) is 1. The third-order valence-electron chi connectivity index (χ3n) is 1.66. The average Bonchev–Trinajstić information content (AvgIpc) is 2.41. The number of hydrogen-bond donors (Lipinski definition) is 2. The second kappa shape index (κ2) is 1.98. The van der Waals surface area contributed by atoms with Gasteiger partial charge in [0.15, 0.2) is 5.71 Å². The molecule has 0 saturated carbocycles. The van der Waals surface area contributed by atoms with Gasteiger partial charge in [0.1, 0.15) is 12.6 Å². The minimum Gasteiger partial charge on any atom is -0.498 e. The van der Waals surface area contributed by atoms with Gasteiger partial charge in [-0.3, -0.25) is 5.43 Å². The summed E-state index contributed by atoms with van der Waals surface area (Å²) in [6, 6.07) is -0.0545. The quantitative estimate of drug-likeness (QED) is 0.524. The summed E-state index contributed by atoms with van der Waals surface area (Å²) in [4.78, 5) is 10.5. The van der Waals surface area contributed by atoms with E-state index in [1.54, 1.807) is 0 Å². The van der Waals surface area contributed by atoms with Crippen LogP contribution in [0.25, 0.3) is 0 Å². The Morgan fingerprint density at radius 1 is 1.91 bits per heavy atom. The summed E-state index contributed by atoms with van der Waals surface area (Å²) >= 11 is 0. The Kier molecular flexibility index (Phi) is 1.12. The van der Waals surface area contributed by atoms with E-state index in [2.05, 4.69) is 10.5 Å². The minimum atomic E-state index is -1.02. The third-order valence-corrected chi connectivity index (χ3v) is 1.66. The first kappa shape index (κ1) is 6.21. The smallest absolute Gasteiger partial charge is 0.356 e. The standard InChI is InChI=1S/C6H6N2O3/c9-6(10)5-3-1-11-2-4(3)7-8-5/h1,4,7H,2H2,(H,9,10). The number of nitrogens with zero attached hydrogens (tertiary/aromatic N) is 1. The van der Waals surface area contributed by atoms with Gasteiger partial charge in [-0.15, -0.1) is 0 Å². The predicted molar refractivity (Wildman–Crippen MR) is 36.0 cm³/mol. The van der Waals surface area contributed by atoms with Crippen LogP contribution < -0.4 is 5.43 Å². The van der Waals surface area contributed by atoms with E-state index >= 15 is 0 Å². The van der Waals surface area contributed by atoms with Gasteiger partial charge in [0.25, 0.3) is 0 Å². The fourth-order valence-electron chi connectivity index (χ4n) is 1.11. The van der Waals surface area contributed by atoms with Crippen molar-refractivity contribution in [3.05, 3.63) is 11.8 Å². The normalized spacial score (nSPS) is 26.4. The Labute approximate surface area is 62.3 Å². The maximum Gasteiger partial charge on any atom is 0.356 e. The van der Waals surface area contributed by atoms with Gasteiger partial charge in [-0.05, 0) is 0 Å². The Bertz CT molecular complexity index is 269. The van der Waals surface area contributed by atoms with E-state index in [0.717, 1.165) is 0 Å². The van der Waals surface area contributed by atoms with E-state index in [-0.39, 0.29) is 11.8 Å². The molecule has 5 heteroatoms. The van der Waals surface area contributed by atoms with Gasteiger partial charge in [0.05, 0.1) is 6.26 Å². The van der Waals surface area contributed by atoms with Gasteiger partial charge >= 0.3 is 5.97 Å². The highest BCUT2D eigenvalue weighted by Gasteiger charge is 2.33.